The third-order valence-corrected chi connectivity index (χ3v) is 4.21. The average molecular weight is 421 g/mol. The van der Waals surface area contributed by atoms with Crippen molar-refractivity contribution in [1.82, 2.24) is 3.53 Å². The molecule has 6 nitrogen and oxygen atoms in total. The molecule has 0 saturated carbocycles. The maximum absolute atomic E-state index is 14.4. The minimum absolute atomic E-state index is 0.216. The van der Waals surface area contributed by atoms with Gasteiger partial charge in [-0.05, 0) is 18.2 Å². The van der Waals surface area contributed by atoms with E-state index in [2.05, 4.69) is 3.53 Å². The van der Waals surface area contributed by atoms with Gasteiger partial charge in [0.15, 0.2) is 0 Å². The van der Waals surface area contributed by atoms with Crippen molar-refractivity contribution >= 4 is 40.3 Å². The Balaban J connectivity index is 1.75. The van der Waals surface area contributed by atoms with Crippen molar-refractivity contribution in [2.75, 3.05) is 49.2 Å². The molecule has 0 radical (unpaired) electrons. The topological polar surface area (TPSA) is 54.0 Å². The van der Waals surface area contributed by atoms with Crippen LogP contribution in [0.2, 0.25) is 0 Å². The molecule has 2 heterocycles. The van der Waals surface area contributed by atoms with Crippen LogP contribution in [0, 0.1) is 5.82 Å². The van der Waals surface area contributed by atoms with Crippen LogP contribution in [0.5, 0.6) is 0 Å². The number of cyclic esters (lactones) is 1. The van der Waals surface area contributed by atoms with Crippen molar-refractivity contribution in [2.24, 2.45) is 0 Å². The third kappa shape index (κ3) is 3.28. The molecule has 2 saturated heterocycles. The van der Waals surface area contributed by atoms with E-state index in [1.807, 2.05) is 27.8 Å². The van der Waals surface area contributed by atoms with Crippen LogP contribution >= 0.6 is 22.9 Å². The molecule has 2 fully saturated rings. The summed E-state index contributed by atoms with van der Waals surface area (Å²) in [5.74, 6) is -0.331. The third-order valence-electron chi connectivity index (χ3n) is 3.77. The summed E-state index contributed by atoms with van der Waals surface area (Å²) < 4.78 is 27.8. The van der Waals surface area contributed by atoms with Gasteiger partial charge in [0.05, 0.1) is 31.1 Å². The zero-order chi connectivity index (χ0) is 15.5. The fraction of sp³-hybridized carbons (Fsp3) is 0.500. The van der Waals surface area contributed by atoms with E-state index in [4.69, 9.17) is 9.47 Å². The Hall–Kier alpha value is -1.13. The van der Waals surface area contributed by atoms with Gasteiger partial charge in [-0.25, -0.2) is 9.18 Å². The van der Waals surface area contributed by atoms with Gasteiger partial charge >= 0.3 is 6.09 Å². The first-order valence-corrected chi connectivity index (χ1v) is 8.21. The van der Waals surface area contributed by atoms with Crippen LogP contribution in [0.15, 0.2) is 18.2 Å². The molecular weight excluding hydrogens is 404 g/mol. The molecule has 1 atom stereocenters. The maximum atomic E-state index is 14.4. The summed E-state index contributed by atoms with van der Waals surface area (Å²) in [6.07, 6.45) is -0.651. The standard InChI is InChI=1S/C14H17FIN3O3/c15-12-7-10(19-9-11(8-17-16)22-14(19)20)1-2-13(12)18-3-5-21-6-4-18/h1-2,7,11,17H,3-6,8-9H2/t11-/m0/s1. The van der Waals surface area contributed by atoms with Gasteiger partial charge in [0.25, 0.3) is 0 Å². The molecule has 2 aliphatic rings. The highest BCUT2D eigenvalue weighted by molar-refractivity contribution is 14.1. The lowest BCUT2D eigenvalue weighted by Gasteiger charge is -2.29. The number of nitrogens with one attached hydrogen (secondary N) is 1. The quantitative estimate of drug-likeness (QED) is 0.595. The van der Waals surface area contributed by atoms with E-state index in [0.717, 1.165) is 0 Å². The van der Waals surface area contributed by atoms with Crippen molar-refractivity contribution in [3.8, 4) is 0 Å². The Morgan fingerprint density at radius 3 is 2.82 bits per heavy atom. The van der Waals surface area contributed by atoms with Gasteiger partial charge in [0, 0.05) is 42.5 Å². The van der Waals surface area contributed by atoms with E-state index in [-0.39, 0.29) is 11.9 Å². The Bertz CT molecular complexity index is 554. The van der Waals surface area contributed by atoms with Crippen molar-refractivity contribution in [1.29, 1.82) is 0 Å². The lowest BCUT2D eigenvalue weighted by Crippen LogP contribution is -2.36. The number of benzene rings is 1. The Labute approximate surface area is 142 Å². The average Bonchev–Trinajstić information content (AvgIpc) is 2.89. The highest BCUT2D eigenvalue weighted by Gasteiger charge is 2.32. The van der Waals surface area contributed by atoms with E-state index >= 15 is 0 Å². The Morgan fingerprint density at radius 2 is 2.14 bits per heavy atom. The minimum atomic E-state index is -0.435. The lowest BCUT2D eigenvalue weighted by atomic mass is 10.2. The second-order valence-electron chi connectivity index (χ2n) is 5.19. The molecule has 0 bridgehead atoms. The largest absolute Gasteiger partial charge is 0.443 e. The summed E-state index contributed by atoms with van der Waals surface area (Å²) in [6, 6.07) is 4.87. The lowest BCUT2D eigenvalue weighted by molar-refractivity contribution is 0.122. The molecule has 1 N–H and O–H groups in total. The van der Waals surface area contributed by atoms with Crippen LogP contribution in [-0.4, -0.2) is 51.6 Å². The Kier molecular flexibility index (Phi) is 4.99. The zero-order valence-corrected chi connectivity index (χ0v) is 14.1. The molecule has 0 spiro atoms. The van der Waals surface area contributed by atoms with Gasteiger partial charge in [-0.15, -0.1) is 0 Å². The van der Waals surface area contributed by atoms with Gasteiger partial charge in [-0.1, -0.05) is 0 Å². The molecule has 1 amide bonds. The maximum Gasteiger partial charge on any atom is 0.414 e. The highest BCUT2D eigenvalue weighted by atomic mass is 127. The smallest absolute Gasteiger partial charge is 0.414 e. The van der Waals surface area contributed by atoms with Crippen LogP contribution in [0.4, 0.5) is 20.6 Å². The summed E-state index contributed by atoms with van der Waals surface area (Å²) in [5, 5.41) is 0. The number of halogens is 2. The number of nitrogens with zero attached hydrogens (tertiary/aromatic N) is 2. The van der Waals surface area contributed by atoms with Crippen LogP contribution < -0.4 is 13.3 Å². The van der Waals surface area contributed by atoms with Crippen molar-refractivity contribution in [2.45, 2.75) is 6.10 Å². The van der Waals surface area contributed by atoms with Crippen molar-refractivity contribution < 1.29 is 18.7 Å². The SMILES string of the molecule is O=C1O[C@@H](CNI)CN1c1ccc(N2CCOCC2)c(F)c1. The second-order valence-corrected chi connectivity index (χ2v) is 5.95. The number of rotatable bonds is 4. The number of carbonyl (C=O) groups excluding carboxylic acids is 1. The summed E-state index contributed by atoms with van der Waals surface area (Å²) >= 11 is 2.00. The molecule has 22 heavy (non-hydrogen) atoms. The summed E-state index contributed by atoms with van der Waals surface area (Å²) in [5.41, 5.74) is 1.07. The van der Waals surface area contributed by atoms with Gasteiger partial charge in [0.2, 0.25) is 0 Å². The van der Waals surface area contributed by atoms with E-state index in [1.165, 1.54) is 11.0 Å². The van der Waals surface area contributed by atoms with Gasteiger partial charge in [0.1, 0.15) is 11.9 Å². The number of carbonyl (C=O) groups is 1. The molecule has 0 aromatic heterocycles. The molecule has 1 aromatic carbocycles. The first kappa shape index (κ1) is 15.8. The first-order chi connectivity index (χ1) is 10.7. The molecule has 120 valence electrons. The summed E-state index contributed by atoms with van der Waals surface area (Å²) in [7, 11) is 0. The fourth-order valence-electron chi connectivity index (χ4n) is 2.65. The molecule has 3 rings (SSSR count). The van der Waals surface area contributed by atoms with Gasteiger partial charge in [-0.3, -0.25) is 8.43 Å². The predicted molar refractivity (Wildman–Crippen MR) is 89.1 cm³/mol. The van der Waals surface area contributed by atoms with Crippen LogP contribution in [-0.2, 0) is 9.47 Å². The fourth-order valence-corrected chi connectivity index (χ4v) is 3.14. The van der Waals surface area contributed by atoms with Crippen LogP contribution in [0.1, 0.15) is 0 Å². The number of hydrogen-bond donors (Lipinski definition) is 1. The van der Waals surface area contributed by atoms with E-state index in [0.29, 0.717) is 50.8 Å². The summed E-state index contributed by atoms with van der Waals surface area (Å²) in [6.45, 7) is 3.54. The number of anilines is 2. The van der Waals surface area contributed by atoms with Crippen LogP contribution in [0.3, 0.4) is 0 Å². The zero-order valence-electron chi connectivity index (χ0n) is 11.9. The molecular formula is C14H17FIN3O3. The predicted octanol–water partition coefficient (Wildman–Crippen LogP) is 1.93. The van der Waals surface area contributed by atoms with Gasteiger partial charge < -0.3 is 14.4 Å². The van der Waals surface area contributed by atoms with E-state index in [9.17, 15) is 9.18 Å². The molecule has 2 aliphatic heterocycles. The molecule has 0 aliphatic carbocycles. The number of amides is 1. The molecule has 8 heteroatoms. The number of ether oxygens (including phenoxy) is 2. The second kappa shape index (κ2) is 6.97. The number of hydrogen-bond acceptors (Lipinski definition) is 5. The minimum Gasteiger partial charge on any atom is -0.443 e. The van der Waals surface area contributed by atoms with Crippen LogP contribution in [0.25, 0.3) is 0 Å². The van der Waals surface area contributed by atoms with E-state index < -0.39 is 6.09 Å². The Morgan fingerprint density at radius 1 is 1.36 bits per heavy atom. The molecule has 0 unspecified atom stereocenters. The van der Waals surface area contributed by atoms with E-state index in [1.54, 1.807) is 12.1 Å². The monoisotopic (exact) mass is 421 g/mol. The van der Waals surface area contributed by atoms with Crippen molar-refractivity contribution in [3.63, 3.8) is 0 Å². The normalized spacial score (nSPS) is 22.1. The first-order valence-electron chi connectivity index (χ1n) is 7.13. The number of morpholine rings is 1. The molecule has 1 aromatic rings. The summed E-state index contributed by atoms with van der Waals surface area (Å²) in [4.78, 5) is 15.3. The van der Waals surface area contributed by atoms with Crippen molar-refractivity contribution in [3.05, 3.63) is 24.0 Å². The highest BCUT2D eigenvalue weighted by Crippen LogP contribution is 2.28. The van der Waals surface area contributed by atoms with Gasteiger partial charge in [-0.2, -0.15) is 0 Å².